The monoisotopic (exact) mass is 645 g/mol. The van der Waals surface area contributed by atoms with Crippen molar-refractivity contribution in [2.45, 2.75) is 0 Å². The van der Waals surface area contributed by atoms with Gasteiger partial charge in [0.2, 0.25) is 0 Å². The van der Waals surface area contributed by atoms with E-state index < -0.39 is 11.7 Å². The molecule has 2 aromatic heterocycles. The summed E-state index contributed by atoms with van der Waals surface area (Å²) >= 11 is 1.99. The quantitative estimate of drug-likeness (QED) is 0.0951. The first kappa shape index (κ1) is 26.2. The van der Waals surface area contributed by atoms with Crippen LogP contribution in [0.15, 0.2) is 75.1 Å². The number of carbonyl (C=O) groups is 2. The minimum absolute atomic E-state index is 0.0570. The van der Waals surface area contributed by atoms with Gasteiger partial charge < -0.3 is 15.2 Å². The first-order chi connectivity index (χ1) is 19.3. The van der Waals surface area contributed by atoms with Crippen LogP contribution in [-0.4, -0.2) is 26.5 Å². The third-order valence-corrected chi connectivity index (χ3v) is 6.86. The van der Waals surface area contributed by atoms with Crippen LogP contribution in [0.3, 0.4) is 0 Å². The lowest BCUT2D eigenvalue weighted by atomic mass is 10.1. The summed E-state index contributed by atoms with van der Waals surface area (Å²) in [6.07, 6.45) is 0. The molecule has 0 saturated heterocycles. The Hall–Kier alpha value is -5.39. The van der Waals surface area contributed by atoms with E-state index in [0.29, 0.717) is 48.2 Å². The van der Waals surface area contributed by atoms with Crippen LogP contribution in [0.5, 0.6) is 0 Å². The van der Waals surface area contributed by atoms with E-state index in [1.165, 1.54) is 18.2 Å². The molecule has 2 heterocycles. The topological polar surface area (TPSA) is 195 Å². The molecule has 13 nitrogen and oxygen atoms in total. The average Bonchev–Trinajstić information content (AvgIpc) is 3.53. The minimum atomic E-state index is -0.778. The minimum Gasteiger partial charge on any atom is -0.338 e. The molecule has 5 rings (SSSR count). The van der Waals surface area contributed by atoms with Gasteiger partial charge in [-0.25, -0.2) is 4.79 Å². The van der Waals surface area contributed by atoms with Gasteiger partial charge in [0.15, 0.2) is 5.82 Å². The number of amides is 2. The molecular formula is C26H16IN9O4. The van der Waals surface area contributed by atoms with Crippen molar-refractivity contribution in [2.24, 2.45) is 12.2 Å². The molecule has 0 bridgehead atoms. The van der Waals surface area contributed by atoms with Crippen molar-refractivity contribution in [2.75, 3.05) is 10.6 Å². The zero-order valence-electron chi connectivity index (χ0n) is 20.5. The number of anilines is 2. The molecule has 0 aliphatic rings. The molecule has 0 aliphatic heterocycles. The van der Waals surface area contributed by atoms with Crippen molar-refractivity contribution < 1.29 is 14.1 Å². The smallest absolute Gasteiger partial charge is 0.338 e. The summed E-state index contributed by atoms with van der Waals surface area (Å²) in [4.78, 5) is 43.1. The first-order valence-corrected chi connectivity index (χ1v) is 12.5. The predicted octanol–water partition coefficient (Wildman–Crippen LogP) is 5.44. The highest BCUT2D eigenvalue weighted by Crippen LogP contribution is 2.30. The Bertz CT molecular complexity index is 1980. The van der Waals surface area contributed by atoms with Crippen LogP contribution in [0.4, 0.5) is 17.1 Å². The highest BCUT2D eigenvalue weighted by atomic mass is 127. The molecule has 3 N–H and O–H groups in total. The third-order valence-electron chi connectivity index (χ3n) is 5.99. The van der Waals surface area contributed by atoms with Crippen molar-refractivity contribution >= 4 is 62.4 Å². The fourth-order valence-electron chi connectivity index (χ4n) is 4.16. The average molecular weight is 645 g/mol. The van der Waals surface area contributed by atoms with E-state index in [9.17, 15) is 19.6 Å². The summed E-state index contributed by atoms with van der Waals surface area (Å²) in [5, 5.41) is 22.9. The third kappa shape index (κ3) is 5.01. The van der Waals surface area contributed by atoms with E-state index >= 15 is 0 Å². The van der Waals surface area contributed by atoms with Crippen LogP contribution in [-0.2, 0) is 7.05 Å². The number of rotatable bonds is 6. The number of aromatic nitrogens is 3. The number of hydrogen-bond acceptors (Lipinski definition) is 7. The summed E-state index contributed by atoms with van der Waals surface area (Å²) in [5.41, 5.74) is 11.7. The number of aromatic amines is 1. The molecule has 0 atom stereocenters. The van der Waals surface area contributed by atoms with Gasteiger partial charge in [0.25, 0.3) is 11.8 Å². The number of nitrogens with one attached hydrogen (secondary N) is 3. The van der Waals surface area contributed by atoms with Gasteiger partial charge in [0.1, 0.15) is 5.69 Å². The van der Waals surface area contributed by atoms with E-state index in [0.717, 1.165) is 0 Å². The number of aryl methyl sites for hydroxylation is 1. The summed E-state index contributed by atoms with van der Waals surface area (Å²) in [7, 11) is 1.69. The lowest BCUT2D eigenvalue weighted by Gasteiger charge is -2.12. The van der Waals surface area contributed by atoms with Gasteiger partial charge in [-0.3, -0.25) is 19.1 Å². The number of carbonyl (C=O) groups excluding carboxylic acids is 2. The van der Waals surface area contributed by atoms with E-state index in [1.54, 1.807) is 48.0 Å². The van der Waals surface area contributed by atoms with Crippen LogP contribution >= 0.6 is 22.6 Å². The lowest BCUT2D eigenvalue weighted by Crippen LogP contribution is -2.17. The zero-order valence-corrected chi connectivity index (χ0v) is 22.6. The maximum Gasteiger partial charge on any atom is 0.439 e. The maximum absolute atomic E-state index is 13.4. The molecule has 196 valence electrons. The van der Waals surface area contributed by atoms with Crippen molar-refractivity contribution in [3.8, 4) is 17.5 Å². The Morgan fingerprint density at radius 3 is 2.62 bits per heavy atom. The van der Waals surface area contributed by atoms with Crippen molar-refractivity contribution in [3.05, 3.63) is 102 Å². The Balaban J connectivity index is 1.46. The number of benzene rings is 3. The molecule has 0 unspecified atom stereocenters. The van der Waals surface area contributed by atoms with Crippen LogP contribution in [0.1, 0.15) is 26.4 Å². The highest BCUT2D eigenvalue weighted by molar-refractivity contribution is 14.1. The van der Waals surface area contributed by atoms with E-state index in [2.05, 4.69) is 35.3 Å². The summed E-state index contributed by atoms with van der Waals surface area (Å²) in [6, 6.07) is 18.2. The second kappa shape index (κ2) is 10.8. The SMILES string of the molecule is Cn1c(C(=O)Nc2ccc(C#N)cc2-c2noc(=O)[nH]2)cc2cccc(NC(=O)c3ccc(N=[N+]=[N-])c(I)c3)c21. The molecular weight excluding hydrogens is 629 g/mol. The fourth-order valence-corrected chi connectivity index (χ4v) is 4.78. The standard InChI is InChI=1S/C26H16IN9O4/c1-36-21(25(38)30-18-7-5-13(12-28)9-16(18)23-32-26(39)40-34-23)11-14-3-2-4-20(22(14)36)31-24(37)15-6-8-19(33-35-29)17(27)10-15/h2-11H,1H3,(H,30,38)(H,31,37)(H,32,34,39). The number of nitriles is 1. The predicted molar refractivity (Wildman–Crippen MR) is 154 cm³/mol. The van der Waals surface area contributed by atoms with Crippen molar-refractivity contribution in [1.29, 1.82) is 5.26 Å². The number of fused-ring (bicyclic) bond motifs is 1. The molecule has 14 heteroatoms. The summed E-state index contributed by atoms with van der Waals surface area (Å²) in [5.74, 6) is -1.58. The molecule has 5 aromatic rings. The van der Waals surface area contributed by atoms with Gasteiger partial charge in [0, 0.05) is 32.0 Å². The Kier molecular flexibility index (Phi) is 7.06. The van der Waals surface area contributed by atoms with Gasteiger partial charge in [-0.15, -0.1) is 0 Å². The summed E-state index contributed by atoms with van der Waals surface area (Å²) in [6.45, 7) is 0. The number of para-hydroxylation sites is 1. The van der Waals surface area contributed by atoms with Crippen molar-refractivity contribution in [1.82, 2.24) is 14.7 Å². The van der Waals surface area contributed by atoms with Crippen LogP contribution in [0.2, 0.25) is 0 Å². The van der Waals surface area contributed by atoms with E-state index in [4.69, 9.17) is 5.53 Å². The fraction of sp³-hybridized carbons (Fsp3) is 0.0385. The van der Waals surface area contributed by atoms with Crippen molar-refractivity contribution in [3.63, 3.8) is 0 Å². The molecule has 0 saturated carbocycles. The number of halogens is 1. The Morgan fingerprint density at radius 1 is 1.12 bits per heavy atom. The van der Waals surface area contributed by atoms with Crippen LogP contribution in [0, 0.1) is 14.9 Å². The normalized spacial score (nSPS) is 10.5. The number of azide groups is 1. The number of nitrogens with zero attached hydrogens (tertiary/aromatic N) is 6. The van der Waals surface area contributed by atoms with Gasteiger partial charge in [0.05, 0.1) is 34.2 Å². The van der Waals surface area contributed by atoms with Crippen LogP contribution < -0.4 is 16.4 Å². The van der Waals surface area contributed by atoms with E-state index in [1.807, 2.05) is 34.7 Å². The Morgan fingerprint density at radius 2 is 1.93 bits per heavy atom. The molecule has 0 spiro atoms. The number of hydrogen-bond donors (Lipinski definition) is 3. The van der Waals surface area contributed by atoms with Gasteiger partial charge >= 0.3 is 5.76 Å². The highest BCUT2D eigenvalue weighted by Gasteiger charge is 2.20. The zero-order chi connectivity index (χ0) is 28.4. The maximum atomic E-state index is 13.4. The molecule has 0 fully saturated rings. The van der Waals surface area contributed by atoms with E-state index in [-0.39, 0.29) is 17.4 Å². The second-order valence-corrected chi connectivity index (χ2v) is 9.57. The molecule has 40 heavy (non-hydrogen) atoms. The molecule has 0 aliphatic carbocycles. The Labute approximate surface area is 238 Å². The largest absolute Gasteiger partial charge is 0.439 e. The number of H-pyrrole nitrogens is 1. The summed E-state index contributed by atoms with van der Waals surface area (Å²) < 4.78 is 6.85. The second-order valence-electron chi connectivity index (χ2n) is 8.41. The first-order valence-electron chi connectivity index (χ1n) is 11.5. The molecule has 2 amide bonds. The van der Waals surface area contributed by atoms with Crippen LogP contribution in [0.25, 0.3) is 32.7 Å². The van der Waals surface area contributed by atoms with Gasteiger partial charge in [-0.1, -0.05) is 28.5 Å². The lowest BCUT2D eigenvalue weighted by molar-refractivity contribution is 0.101. The molecule has 3 aromatic carbocycles. The molecule has 0 radical (unpaired) electrons. The van der Waals surface area contributed by atoms with Gasteiger partial charge in [-0.05, 0) is 70.6 Å². The van der Waals surface area contributed by atoms with Gasteiger partial charge in [-0.2, -0.15) is 5.26 Å².